The summed E-state index contributed by atoms with van der Waals surface area (Å²) < 4.78 is 26.0. The second-order valence-electron chi connectivity index (χ2n) is 9.12. The quantitative estimate of drug-likeness (QED) is 0.245. The summed E-state index contributed by atoms with van der Waals surface area (Å²) in [7, 11) is 3.20. The van der Waals surface area contributed by atoms with Gasteiger partial charge in [-0.1, -0.05) is 58.0 Å². The van der Waals surface area contributed by atoms with E-state index in [2.05, 4.69) is 26.2 Å². The number of thiazole rings is 1. The topological polar surface area (TPSA) is 134 Å². The van der Waals surface area contributed by atoms with Crippen molar-refractivity contribution >= 4 is 50.6 Å². The third-order valence-electron chi connectivity index (χ3n) is 6.62. The molecule has 2 aliphatic rings. The van der Waals surface area contributed by atoms with Crippen molar-refractivity contribution in [3.8, 4) is 0 Å². The van der Waals surface area contributed by atoms with Crippen LogP contribution in [-0.4, -0.2) is 66.5 Å². The number of hydrogen-bond donors (Lipinski definition) is 3. The average molecular weight is 649 g/mol. The number of aromatic nitrogens is 1. The number of thioether (sulfide) groups is 1. The zero-order valence-corrected chi connectivity index (χ0v) is 25.0. The molecule has 0 spiro atoms. The first kappa shape index (κ1) is 29.0. The van der Waals surface area contributed by atoms with Crippen LogP contribution in [0.2, 0.25) is 0 Å². The number of rotatable bonds is 8. The van der Waals surface area contributed by atoms with E-state index in [1.165, 1.54) is 28.1 Å². The molecule has 0 aliphatic carbocycles. The highest BCUT2D eigenvalue weighted by atomic mass is 79.9. The molecule has 10 nitrogen and oxygen atoms in total. The first-order valence-corrected chi connectivity index (χ1v) is 15.0. The Morgan fingerprint density at radius 1 is 1.27 bits per heavy atom. The molecular weight excluding hydrogens is 618 g/mol. The Hall–Kier alpha value is -2.49. The number of hydrazine groups is 1. The molecule has 5 N–H and O–H groups in total. The summed E-state index contributed by atoms with van der Waals surface area (Å²) in [5.41, 5.74) is 7.62. The largest absolute Gasteiger partial charge is 0.395 e. The van der Waals surface area contributed by atoms with Crippen LogP contribution in [0.15, 0.2) is 75.7 Å². The van der Waals surface area contributed by atoms with Crippen LogP contribution in [0.5, 0.6) is 0 Å². The number of ether oxygens (including phenoxy) is 4. The second kappa shape index (κ2) is 13.0. The van der Waals surface area contributed by atoms with Gasteiger partial charge in [-0.25, -0.2) is 10.8 Å². The van der Waals surface area contributed by atoms with Gasteiger partial charge in [-0.05, 0) is 18.2 Å². The standard InChI is InChI=1S/C27H30BrN5O5S2/c1-31-24(34)17-9-8-16(28)12-20(17)40-27-23(35-2)21(33(30)13-18(29)25-32-10-11-39-25)22-19(37-27)14-36-26(38-22)15-6-4-3-5-7-15/h3-13,19,21-23,26-27H,14,29-30H2,1-2H3,(H,31,34)/b18-13-. The van der Waals surface area contributed by atoms with Gasteiger partial charge < -0.3 is 35.0 Å². The zero-order valence-electron chi connectivity index (χ0n) is 21.8. The van der Waals surface area contributed by atoms with E-state index >= 15 is 0 Å². The van der Waals surface area contributed by atoms with E-state index in [0.717, 1.165) is 14.9 Å². The molecule has 3 heterocycles. The van der Waals surface area contributed by atoms with Crippen molar-refractivity contribution in [3.63, 3.8) is 0 Å². The molecule has 2 aromatic carbocycles. The molecular formula is C27H30BrN5O5S2. The van der Waals surface area contributed by atoms with Crippen molar-refractivity contribution in [2.45, 2.75) is 41.0 Å². The maximum absolute atomic E-state index is 12.6. The summed E-state index contributed by atoms with van der Waals surface area (Å²) in [4.78, 5) is 17.6. The molecule has 2 saturated heterocycles. The van der Waals surface area contributed by atoms with Crippen molar-refractivity contribution in [1.29, 1.82) is 0 Å². The summed E-state index contributed by atoms with van der Waals surface area (Å²) in [5, 5.41) is 6.72. The van der Waals surface area contributed by atoms with Crippen LogP contribution in [0.25, 0.3) is 5.70 Å². The molecule has 3 aromatic rings. The molecule has 0 bridgehead atoms. The van der Waals surface area contributed by atoms with Gasteiger partial charge in [0.15, 0.2) is 6.29 Å². The van der Waals surface area contributed by atoms with Crippen molar-refractivity contribution in [3.05, 3.63) is 86.9 Å². The number of amides is 1. The zero-order chi connectivity index (χ0) is 28.2. The maximum atomic E-state index is 12.6. The third-order valence-corrected chi connectivity index (χ3v) is 9.14. The summed E-state index contributed by atoms with van der Waals surface area (Å²) in [6.45, 7) is 0.272. The highest BCUT2D eigenvalue weighted by Gasteiger charge is 2.52. The minimum absolute atomic E-state index is 0.205. The molecule has 212 valence electrons. The molecule has 6 atom stereocenters. The second-order valence-corrected chi connectivity index (χ2v) is 12.1. The summed E-state index contributed by atoms with van der Waals surface area (Å²) in [6, 6.07) is 14.6. The average Bonchev–Trinajstić information content (AvgIpc) is 3.52. The number of nitrogens with zero attached hydrogens (tertiary/aromatic N) is 2. The Labute approximate surface area is 249 Å². The smallest absolute Gasteiger partial charge is 0.252 e. The van der Waals surface area contributed by atoms with Gasteiger partial charge in [0, 0.05) is 46.9 Å². The van der Waals surface area contributed by atoms with Crippen molar-refractivity contribution in [2.75, 3.05) is 20.8 Å². The fourth-order valence-corrected chi connectivity index (χ4v) is 7.15. The van der Waals surface area contributed by atoms with Crippen LogP contribution >= 0.6 is 39.0 Å². The lowest BCUT2D eigenvalue weighted by Gasteiger charge is -2.51. The number of hydrogen-bond acceptors (Lipinski definition) is 11. The first-order valence-electron chi connectivity index (χ1n) is 12.5. The number of nitrogens with two attached hydrogens (primary N) is 2. The Morgan fingerprint density at radius 3 is 2.77 bits per heavy atom. The predicted molar refractivity (Wildman–Crippen MR) is 157 cm³/mol. The first-order chi connectivity index (χ1) is 19.4. The van der Waals surface area contributed by atoms with E-state index < -0.39 is 36.1 Å². The van der Waals surface area contributed by atoms with Gasteiger partial charge in [-0.3, -0.25) is 4.79 Å². The van der Waals surface area contributed by atoms with Gasteiger partial charge in [0.2, 0.25) is 0 Å². The van der Waals surface area contributed by atoms with E-state index in [4.69, 9.17) is 30.5 Å². The SMILES string of the molecule is CNC(=O)c1ccc(Br)cc1SC1OC2COC(c3ccccc3)OC2C(N(N)/C=C(\N)c2nccs2)C1OC. The fourth-order valence-electron chi connectivity index (χ4n) is 4.74. The Kier molecular flexibility index (Phi) is 9.43. The van der Waals surface area contributed by atoms with Crippen LogP contribution in [0, 0.1) is 0 Å². The highest BCUT2D eigenvalue weighted by molar-refractivity contribution is 9.10. The van der Waals surface area contributed by atoms with Crippen LogP contribution in [0.1, 0.15) is 27.2 Å². The van der Waals surface area contributed by atoms with Gasteiger partial charge in [0.25, 0.3) is 5.91 Å². The van der Waals surface area contributed by atoms with Crippen LogP contribution in [-0.2, 0) is 18.9 Å². The maximum Gasteiger partial charge on any atom is 0.252 e. The third kappa shape index (κ3) is 6.21. The van der Waals surface area contributed by atoms with Gasteiger partial charge in [0.05, 0.1) is 17.9 Å². The molecule has 2 aliphatic heterocycles. The van der Waals surface area contributed by atoms with E-state index in [-0.39, 0.29) is 12.5 Å². The molecule has 13 heteroatoms. The van der Waals surface area contributed by atoms with Gasteiger partial charge in [-0.2, -0.15) is 0 Å². The summed E-state index contributed by atoms with van der Waals surface area (Å²) in [5.74, 6) is 6.50. The summed E-state index contributed by atoms with van der Waals surface area (Å²) in [6.07, 6.45) is 1.16. The predicted octanol–water partition coefficient (Wildman–Crippen LogP) is 3.71. The van der Waals surface area contributed by atoms with E-state index in [0.29, 0.717) is 16.3 Å². The molecule has 5 rings (SSSR count). The van der Waals surface area contributed by atoms with Crippen LogP contribution < -0.4 is 16.9 Å². The van der Waals surface area contributed by atoms with Crippen molar-refractivity contribution < 1.29 is 23.7 Å². The molecule has 0 radical (unpaired) electrons. The normalized spacial score (nSPS) is 26.6. The van der Waals surface area contributed by atoms with E-state index in [1.807, 2.05) is 47.8 Å². The minimum Gasteiger partial charge on any atom is -0.395 e. The Balaban J connectivity index is 1.49. The summed E-state index contributed by atoms with van der Waals surface area (Å²) >= 11 is 6.31. The van der Waals surface area contributed by atoms with Crippen LogP contribution in [0.3, 0.4) is 0 Å². The van der Waals surface area contributed by atoms with Gasteiger partial charge in [-0.15, -0.1) is 11.3 Å². The highest BCUT2D eigenvalue weighted by Crippen LogP contribution is 2.42. The number of methoxy groups -OCH3 is 1. The molecule has 1 amide bonds. The number of nitrogens with one attached hydrogen (secondary N) is 1. The molecule has 2 fully saturated rings. The van der Waals surface area contributed by atoms with Gasteiger partial charge in [0.1, 0.15) is 34.8 Å². The van der Waals surface area contributed by atoms with Gasteiger partial charge >= 0.3 is 0 Å². The number of fused-ring (bicyclic) bond motifs is 1. The van der Waals surface area contributed by atoms with Crippen LogP contribution in [0.4, 0.5) is 0 Å². The molecule has 40 heavy (non-hydrogen) atoms. The van der Waals surface area contributed by atoms with E-state index in [9.17, 15) is 4.79 Å². The lowest BCUT2D eigenvalue weighted by Crippen LogP contribution is -2.67. The lowest BCUT2D eigenvalue weighted by molar-refractivity contribution is -0.309. The monoisotopic (exact) mass is 647 g/mol. The number of carbonyl (C=O) groups excluding carboxylic acids is 1. The minimum atomic E-state index is -0.603. The number of carbonyl (C=O) groups is 1. The van der Waals surface area contributed by atoms with E-state index in [1.54, 1.807) is 32.6 Å². The van der Waals surface area contributed by atoms with Crippen molar-refractivity contribution in [1.82, 2.24) is 15.3 Å². The molecule has 1 aromatic heterocycles. The fraction of sp³-hybridized carbons (Fsp3) is 0.333. The van der Waals surface area contributed by atoms with Crippen molar-refractivity contribution in [2.24, 2.45) is 11.6 Å². The number of benzene rings is 2. The number of halogens is 1. The Morgan fingerprint density at radius 2 is 2.08 bits per heavy atom. The molecule has 6 unspecified atom stereocenters. The Bertz CT molecular complexity index is 1330. The lowest BCUT2D eigenvalue weighted by atomic mass is 9.95. The molecule has 0 saturated carbocycles.